The second-order valence-corrected chi connectivity index (χ2v) is 15.4. The normalized spacial score (nSPS) is 15.5. The van der Waals surface area contributed by atoms with E-state index < -0.39 is 0 Å². The highest BCUT2D eigenvalue weighted by Gasteiger charge is 2.37. The molecule has 6 nitrogen and oxygen atoms in total. The Bertz CT molecular complexity index is 3190. The lowest BCUT2D eigenvalue weighted by molar-refractivity contribution is 0.744. The molecule has 2 atom stereocenters. The molecule has 12 rings (SSSR count). The van der Waals surface area contributed by atoms with Gasteiger partial charge in [-0.1, -0.05) is 121 Å². The Labute approximate surface area is 347 Å². The van der Waals surface area contributed by atoms with Crippen molar-refractivity contribution in [2.75, 3.05) is 9.80 Å². The minimum Gasteiger partial charge on any atom is -0.333 e. The summed E-state index contributed by atoms with van der Waals surface area (Å²) in [7, 11) is 0. The molecule has 0 N–H and O–H groups in total. The second kappa shape index (κ2) is 13.9. The lowest BCUT2D eigenvalue weighted by atomic mass is 9.91. The van der Waals surface area contributed by atoms with E-state index in [1.54, 1.807) is 0 Å². The van der Waals surface area contributed by atoms with E-state index in [4.69, 9.17) is 9.97 Å². The number of imidazole rings is 1. The largest absolute Gasteiger partial charge is 0.333 e. The highest BCUT2D eigenvalue weighted by atomic mass is 15.2. The van der Waals surface area contributed by atoms with Crippen molar-refractivity contribution in [1.29, 1.82) is 0 Å². The molecule has 1 aliphatic heterocycles. The zero-order chi connectivity index (χ0) is 39.6. The first kappa shape index (κ1) is 34.1. The van der Waals surface area contributed by atoms with E-state index in [9.17, 15) is 0 Å². The van der Waals surface area contributed by atoms with Crippen LogP contribution < -0.4 is 9.80 Å². The molecule has 0 spiro atoms. The van der Waals surface area contributed by atoms with E-state index in [-0.39, 0.29) is 6.04 Å². The number of fused-ring (bicyclic) bond motifs is 7. The molecule has 6 heteroatoms. The number of anilines is 5. The van der Waals surface area contributed by atoms with E-state index in [1.807, 2.05) is 6.20 Å². The van der Waals surface area contributed by atoms with Crippen LogP contribution in [0.5, 0.6) is 0 Å². The van der Waals surface area contributed by atoms with Crippen LogP contribution in [0.3, 0.4) is 0 Å². The van der Waals surface area contributed by atoms with Crippen molar-refractivity contribution in [3.8, 4) is 22.8 Å². The Morgan fingerprint density at radius 3 is 1.83 bits per heavy atom. The number of allylic oxidation sites excluding steroid dienone is 2. The van der Waals surface area contributed by atoms with Crippen LogP contribution in [0.25, 0.3) is 55.7 Å². The summed E-state index contributed by atoms with van der Waals surface area (Å²) >= 11 is 0. The molecule has 2 unspecified atom stereocenters. The smallest absolute Gasteiger partial charge is 0.167 e. The molecule has 2 aliphatic rings. The van der Waals surface area contributed by atoms with Crippen molar-refractivity contribution in [3.05, 3.63) is 224 Å². The molecule has 4 heterocycles. The summed E-state index contributed by atoms with van der Waals surface area (Å²) in [6.07, 6.45) is 10.9. The maximum Gasteiger partial charge on any atom is 0.167 e. The summed E-state index contributed by atoms with van der Waals surface area (Å²) in [6.45, 7) is 0. The predicted octanol–water partition coefficient (Wildman–Crippen LogP) is 13.4. The maximum absolute atomic E-state index is 5.58. The van der Waals surface area contributed by atoms with Crippen LogP contribution >= 0.6 is 0 Å². The van der Waals surface area contributed by atoms with Crippen LogP contribution in [0, 0.1) is 0 Å². The van der Waals surface area contributed by atoms with Crippen molar-refractivity contribution in [2.45, 2.75) is 12.0 Å². The average Bonchev–Trinajstić information content (AvgIpc) is 3.99. The fraction of sp³-hybridized carbons (Fsp3) is 0.0370. The van der Waals surface area contributed by atoms with Gasteiger partial charge in [-0.25, -0.2) is 9.97 Å². The van der Waals surface area contributed by atoms with Crippen molar-refractivity contribution in [2.24, 2.45) is 0 Å². The van der Waals surface area contributed by atoms with Gasteiger partial charge < -0.3 is 14.4 Å². The number of hydrogen-bond donors (Lipinski definition) is 0. The standard InChI is InChI=1S/C54H38N6/c1-3-16-38(17-4-1)57(39-18-5-2-6-19-39)40-32-30-37(31-33-40)53-56-52-51(60-49-28-13-9-24-45(49)46-25-10-14-29-50(46)60)34-35-55-54(52)59(53)42-21-15-20-41(36-42)58-47-26-11-7-22-43(47)44-23-8-12-27-48(44)58/h1-36,43,47H. The average molecular weight is 771 g/mol. The zero-order valence-electron chi connectivity index (χ0n) is 32.6. The van der Waals surface area contributed by atoms with Gasteiger partial charge in [0.25, 0.3) is 0 Å². The number of pyridine rings is 1. The fourth-order valence-corrected chi connectivity index (χ4v) is 9.49. The van der Waals surface area contributed by atoms with E-state index in [0.717, 1.165) is 67.7 Å². The number of benzene rings is 7. The topological polar surface area (TPSA) is 42.1 Å². The number of hydrogen-bond acceptors (Lipinski definition) is 4. The van der Waals surface area contributed by atoms with Crippen LogP contribution in [0.2, 0.25) is 0 Å². The minimum atomic E-state index is 0.186. The third-order valence-electron chi connectivity index (χ3n) is 12.1. The molecule has 0 saturated heterocycles. The summed E-state index contributed by atoms with van der Waals surface area (Å²) in [6, 6.07) is 67.0. The molecule has 284 valence electrons. The van der Waals surface area contributed by atoms with Crippen molar-refractivity contribution < 1.29 is 0 Å². The Hall–Kier alpha value is -7.96. The minimum absolute atomic E-state index is 0.186. The molecule has 1 aliphatic carbocycles. The number of rotatable bonds is 7. The lowest BCUT2D eigenvalue weighted by Crippen LogP contribution is -2.28. The van der Waals surface area contributed by atoms with Gasteiger partial charge in [0.2, 0.25) is 0 Å². The molecule has 7 aromatic carbocycles. The Morgan fingerprint density at radius 2 is 1.10 bits per heavy atom. The van der Waals surface area contributed by atoms with Crippen molar-refractivity contribution in [1.82, 2.24) is 19.1 Å². The quantitative estimate of drug-likeness (QED) is 0.162. The summed E-state index contributed by atoms with van der Waals surface area (Å²) < 4.78 is 4.59. The van der Waals surface area contributed by atoms with Crippen LogP contribution in [0.1, 0.15) is 11.5 Å². The molecule has 0 saturated carbocycles. The summed E-state index contributed by atoms with van der Waals surface area (Å²) in [5.74, 6) is 1.11. The fourth-order valence-electron chi connectivity index (χ4n) is 9.49. The second-order valence-electron chi connectivity index (χ2n) is 15.4. The van der Waals surface area contributed by atoms with Gasteiger partial charge in [-0.15, -0.1) is 0 Å². The van der Waals surface area contributed by atoms with E-state index >= 15 is 0 Å². The zero-order valence-corrected chi connectivity index (χ0v) is 32.6. The Balaban J connectivity index is 1.07. The molecule has 0 bridgehead atoms. The van der Waals surface area contributed by atoms with Crippen LogP contribution in [0.15, 0.2) is 219 Å². The van der Waals surface area contributed by atoms with Gasteiger partial charge in [0.15, 0.2) is 5.65 Å². The molecular formula is C54H38N6. The van der Waals surface area contributed by atoms with Crippen LogP contribution in [-0.4, -0.2) is 25.1 Å². The monoisotopic (exact) mass is 770 g/mol. The van der Waals surface area contributed by atoms with Gasteiger partial charge in [-0.05, 0) is 96.6 Å². The molecule has 10 aromatic rings. The van der Waals surface area contributed by atoms with Gasteiger partial charge >= 0.3 is 0 Å². The van der Waals surface area contributed by atoms with Crippen molar-refractivity contribution >= 4 is 61.4 Å². The molecular weight excluding hydrogens is 733 g/mol. The summed E-state index contributed by atoms with van der Waals surface area (Å²) in [5, 5.41) is 2.41. The molecule has 60 heavy (non-hydrogen) atoms. The lowest BCUT2D eigenvalue weighted by Gasteiger charge is -2.29. The highest BCUT2D eigenvalue weighted by molar-refractivity contribution is 6.10. The van der Waals surface area contributed by atoms with Crippen LogP contribution in [-0.2, 0) is 0 Å². The first-order valence-corrected chi connectivity index (χ1v) is 20.5. The first-order valence-electron chi connectivity index (χ1n) is 20.5. The summed E-state index contributed by atoms with van der Waals surface area (Å²) in [5.41, 5.74) is 13.8. The SMILES string of the molecule is C1=CC2c3ccccc3N(c3cccc(-n4c(-c5ccc(N(c6ccccc6)c6ccccc6)cc5)nc5c(-n6c7ccccc7c7ccccc76)ccnc54)c3)C2C=C1. The summed E-state index contributed by atoms with van der Waals surface area (Å²) in [4.78, 5) is 15.5. The van der Waals surface area contributed by atoms with Gasteiger partial charge in [0, 0.05) is 56.9 Å². The van der Waals surface area contributed by atoms with E-state index in [2.05, 4.69) is 231 Å². The van der Waals surface area contributed by atoms with Gasteiger partial charge in [-0.3, -0.25) is 4.57 Å². The Morgan fingerprint density at radius 1 is 0.483 bits per heavy atom. The van der Waals surface area contributed by atoms with E-state index in [0.29, 0.717) is 5.92 Å². The van der Waals surface area contributed by atoms with E-state index in [1.165, 1.54) is 22.0 Å². The third-order valence-corrected chi connectivity index (χ3v) is 12.1. The molecule has 0 amide bonds. The molecule has 3 aromatic heterocycles. The van der Waals surface area contributed by atoms with Gasteiger partial charge in [0.05, 0.1) is 28.5 Å². The predicted molar refractivity (Wildman–Crippen MR) is 247 cm³/mol. The third kappa shape index (κ3) is 5.35. The van der Waals surface area contributed by atoms with Crippen LogP contribution in [0.4, 0.5) is 28.4 Å². The number of aromatic nitrogens is 4. The first-order chi connectivity index (χ1) is 29.8. The molecule has 0 radical (unpaired) electrons. The maximum atomic E-state index is 5.58. The number of para-hydroxylation sites is 5. The number of nitrogens with zero attached hydrogens (tertiary/aromatic N) is 6. The molecule has 0 fully saturated rings. The highest BCUT2D eigenvalue weighted by Crippen LogP contribution is 2.48. The van der Waals surface area contributed by atoms with Gasteiger partial charge in [0.1, 0.15) is 11.3 Å². The van der Waals surface area contributed by atoms with Crippen molar-refractivity contribution in [3.63, 3.8) is 0 Å². The Kier molecular flexibility index (Phi) is 7.88. The van der Waals surface area contributed by atoms with Gasteiger partial charge in [-0.2, -0.15) is 0 Å².